The molecule has 2 fully saturated rings. The Labute approximate surface area is 136 Å². The number of aryl methyl sites for hydroxylation is 1. The van der Waals surface area contributed by atoms with Crippen LogP contribution in [0.4, 0.5) is 0 Å². The van der Waals surface area contributed by atoms with Crippen molar-refractivity contribution >= 4 is 15.7 Å². The Kier molecular flexibility index (Phi) is 4.18. The molecule has 2 saturated heterocycles. The number of carbonyl (C=O) groups excluding carboxylic acids is 1. The molecule has 0 bridgehead atoms. The summed E-state index contributed by atoms with van der Waals surface area (Å²) in [5.74, 6) is 1.47. The van der Waals surface area contributed by atoms with Crippen LogP contribution in [0.3, 0.4) is 0 Å². The second kappa shape index (κ2) is 5.86. The van der Waals surface area contributed by atoms with E-state index >= 15 is 0 Å². The van der Waals surface area contributed by atoms with E-state index in [9.17, 15) is 13.2 Å². The van der Waals surface area contributed by atoms with Crippen LogP contribution >= 0.6 is 0 Å². The van der Waals surface area contributed by atoms with E-state index in [0.29, 0.717) is 25.5 Å². The molecule has 128 valence electrons. The largest absolute Gasteiger partial charge is 0.336 e. The fourth-order valence-electron chi connectivity index (χ4n) is 3.47. The molecule has 3 rings (SSSR count). The van der Waals surface area contributed by atoms with E-state index in [2.05, 4.69) is 20.1 Å². The molecule has 0 aromatic carbocycles. The number of nitrogens with one attached hydrogen (secondary N) is 1. The molecule has 1 N–H and O–H groups in total. The van der Waals surface area contributed by atoms with Crippen molar-refractivity contribution in [2.24, 2.45) is 5.92 Å². The van der Waals surface area contributed by atoms with Crippen molar-refractivity contribution in [1.29, 1.82) is 0 Å². The number of hydrogen-bond donors (Lipinski definition) is 1. The van der Waals surface area contributed by atoms with Gasteiger partial charge in [-0.15, -0.1) is 0 Å². The van der Waals surface area contributed by atoms with Crippen LogP contribution in [-0.4, -0.2) is 76.0 Å². The lowest BCUT2D eigenvalue weighted by molar-refractivity contribution is -0.140. The van der Waals surface area contributed by atoms with Crippen molar-refractivity contribution in [2.75, 3.05) is 24.6 Å². The van der Waals surface area contributed by atoms with Gasteiger partial charge in [0.05, 0.1) is 24.1 Å². The van der Waals surface area contributed by atoms with Crippen LogP contribution in [-0.2, 0) is 21.2 Å². The molecular weight excluding hydrogens is 318 g/mol. The van der Waals surface area contributed by atoms with Crippen LogP contribution in [0.1, 0.15) is 25.5 Å². The third-order valence-electron chi connectivity index (χ3n) is 4.56. The zero-order valence-electron chi connectivity index (χ0n) is 13.7. The molecule has 23 heavy (non-hydrogen) atoms. The summed E-state index contributed by atoms with van der Waals surface area (Å²) in [4.78, 5) is 20.6. The van der Waals surface area contributed by atoms with Crippen LogP contribution < -0.4 is 0 Å². The van der Waals surface area contributed by atoms with Crippen molar-refractivity contribution in [2.45, 2.75) is 39.4 Å². The van der Waals surface area contributed by atoms with Crippen molar-refractivity contribution in [3.63, 3.8) is 0 Å². The number of aromatic amines is 1. The van der Waals surface area contributed by atoms with E-state index in [4.69, 9.17) is 0 Å². The van der Waals surface area contributed by atoms with Crippen molar-refractivity contribution in [3.05, 3.63) is 11.6 Å². The Morgan fingerprint density at radius 1 is 1.30 bits per heavy atom. The Hall–Kier alpha value is -1.48. The molecule has 0 saturated carbocycles. The molecule has 2 atom stereocenters. The van der Waals surface area contributed by atoms with Crippen LogP contribution in [0.5, 0.6) is 0 Å². The van der Waals surface area contributed by atoms with Gasteiger partial charge in [0.25, 0.3) is 0 Å². The molecule has 8 nitrogen and oxygen atoms in total. The molecule has 1 aromatic rings. The minimum Gasteiger partial charge on any atom is -0.336 e. The second-order valence-electron chi connectivity index (χ2n) is 6.71. The van der Waals surface area contributed by atoms with Crippen molar-refractivity contribution < 1.29 is 13.2 Å². The number of fused-ring (bicyclic) bond motifs is 1. The predicted molar refractivity (Wildman–Crippen MR) is 84.3 cm³/mol. The van der Waals surface area contributed by atoms with Gasteiger partial charge >= 0.3 is 0 Å². The highest BCUT2D eigenvalue weighted by molar-refractivity contribution is 7.91. The van der Waals surface area contributed by atoms with Crippen LogP contribution in [0, 0.1) is 12.8 Å². The third-order valence-corrected chi connectivity index (χ3v) is 6.25. The second-order valence-corrected chi connectivity index (χ2v) is 8.86. The van der Waals surface area contributed by atoms with Gasteiger partial charge in [-0.05, 0) is 6.92 Å². The predicted octanol–water partition coefficient (Wildman–Crippen LogP) is -0.421. The molecule has 1 aromatic heterocycles. The minimum absolute atomic E-state index is 0.0329. The number of nitrogens with zero attached hydrogens (tertiary/aromatic N) is 4. The maximum Gasteiger partial charge on any atom is 0.225 e. The first-order valence-electron chi connectivity index (χ1n) is 7.89. The van der Waals surface area contributed by atoms with Gasteiger partial charge in [-0.25, -0.2) is 13.4 Å². The van der Waals surface area contributed by atoms with Gasteiger partial charge in [-0.2, -0.15) is 5.10 Å². The molecule has 0 unspecified atom stereocenters. The summed E-state index contributed by atoms with van der Waals surface area (Å²) in [5, 5.41) is 6.94. The highest BCUT2D eigenvalue weighted by atomic mass is 32.2. The van der Waals surface area contributed by atoms with E-state index in [-0.39, 0.29) is 35.4 Å². The van der Waals surface area contributed by atoms with Gasteiger partial charge < -0.3 is 4.90 Å². The molecule has 9 heteroatoms. The number of piperazine rings is 1. The zero-order chi connectivity index (χ0) is 16.8. The number of rotatable bonds is 3. The molecular formula is C14H23N5O3S. The topological polar surface area (TPSA) is 99.3 Å². The average molecular weight is 341 g/mol. The Bertz CT molecular complexity index is 699. The van der Waals surface area contributed by atoms with Crippen molar-refractivity contribution in [1.82, 2.24) is 25.0 Å². The standard InChI is InChI=1S/C14H23N5O3S/c1-9(2)14(20)19-5-4-18(6-13-15-10(3)16-17-13)11-7-23(21,22)8-12(11)19/h9,11-12H,4-8H2,1-3H3,(H,15,16,17)/t11-,12+/m0/s1. The lowest BCUT2D eigenvalue weighted by Crippen LogP contribution is -2.60. The smallest absolute Gasteiger partial charge is 0.225 e. The maximum atomic E-state index is 12.4. The minimum atomic E-state index is -3.13. The number of carbonyl (C=O) groups is 1. The summed E-state index contributed by atoms with van der Waals surface area (Å²) in [6, 6.07) is -0.432. The van der Waals surface area contributed by atoms with Crippen LogP contribution in [0.2, 0.25) is 0 Å². The van der Waals surface area contributed by atoms with Gasteiger partial charge in [-0.3, -0.25) is 14.8 Å². The highest BCUT2D eigenvalue weighted by Gasteiger charge is 2.48. The average Bonchev–Trinajstić information content (AvgIpc) is 3.00. The first-order chi connectivity index (χ1) is 10.8. The number of aromatic nitrogens is 3. The van der Waals surface area contributed by atoms with E-state index in [1.165, 1.54) is 0 Å². The lowest BCUT2D eigenvalue weighted by atomic mass is 10.0. The van der Waals surface area contributed by atoms with Gasteiger partial charge in [0.15, 0.2) is 15.7 Å². The summed E-state index contributed by atoms with van der Waals surface area (Å²) in [6.07, 6.45) is 0. The number of amides is 1. The van der Waals surface area contributed by atoms with Crippen LogP contribution in [0.25, 0.3) is 0 Å². The summed E-state index contributed by atoms with van der Waals surface area (Å²) in [6.45, 7) is 7.23. The van der Waals surface area contributed by atoms with Crippen molar-refractivity contribution in [3.8, 4) is 0 Å². The van der Waals surface area contributed by atoms with Crippen LogP contribution in [0.15, 0.2) is 0 Å². The quantitative estimate of drug-likeness (QED) is 0.801. The summed E-state index contributed by atoms with van der Waals surface area (Å²) in [5.41, 5.74) is 0. The summed E-state index contributed by atoms with van der Waals surface area (Å²) < 4.78 is 24.3. The first-order valence-corrected chi connectivity index (χ1v) is 9.72. The molecule has 1 amide bonds. The van der Waals surface area contributed by atoms with E-state index in [1.807, 2.05) is 20.8 Å². The van der Waals surface area contributed by atoms with Gasteiger partial charge in [0, 0.05) is 25.0 Å². The number of H-pyrrole nitrogens is 1. The number of sulfone groups is 1. The van der Waals surface area contributed by atoms with Gasteiger partial charge in [0.2, 0.25) is 5.91 Å². The first kappa shape index (κ1) is 16.4. The van der Waals surface area contributed by atoms with E-state index in [1.54, 1.807) is 4.90 Å². The molecule has 2 aliphatic heterocycles. The monoisotopic (exact) mass is 341 g/mol. The number of hydrogen-bond acceptors (Lipinski definition) is 6. The van der Waals surface area contributed by atoms with E-state index in [0.717, 1.165) is 5.82 Å². The molecule has 0 spiro atoms. The lowest BCUT2D eigenvalue weighted by Gasteiger charge is -2.44. The maximum absolute atomic E-state index is 12.4. The zero-order valence-corrected chi connectivity index (χ0v) is 14.5. The van der Waals surface area contributed by atoms with Gasteiger partial charge in [0.1, 0.15) is 5.82 Å². The fraction of sp³-hybridized carbons (Fsp3) is 0.786. The summed E-state index contributed by atoms with van der Waals surface area (Å²) >= 11 is 0. The van der Waals surface area contributed by atoms with Gasteiger partial charge in [-0.1, -0.05) is 13.8 Å². The molecule has 0 radical (unpaired) electrons. The highest BCUT2D eigenvalue weighted by Crippen LogP contribution is 2.28. The SMILES string of the molecule is Cc1nc(CN2CCN(C(=O)C(C)C)[C@@H]3CS(=O)(=O)C[C@@H]32)n[nH]1. The molecule has 0 aliphatic carbocycles. The summed E-state index contributed by atoms with van der Waals surface area (Å²) in [7, 11) is -3.13. The normalized spacial score (nSPS) is 27.4. The molecule has 2 aliphatic rings. The Morgan fingerprint density at radius 3 is 2.61 bits per heavy atom. The Balaban J connectivity index is 1.82. The fourth-order valence-corrected chi connectivity index (χ4v) is 5.48. The van der Waals surface area contributed by atoms with E-state index < -0.39 is 9.84 Å². The third kappa shape index (κ3) is 3.25. The molecule has 3 heterocycles. The Morgan fingerprint density at radius 2 is 2.00 bits per heavy atom.